The molecule has 0 aliphatic rings. The zero-order valence-corrected chi connectivity index (χ0v) is 12.0. The number of hydrogen-bond donors (Lipinski definition) is 1. The van der Waals surface area contributed by atoms with Crippen molar-refractivity contribution in [3.8, 4) is 5.75 Å². The summed E-state index contributed by atoms with van der Waals surface area (Å²) in [7, 11) is 0. The molecule has 1 N–H and O–H groups in total. The third kappa shape index (κ3) is 5.01. The Morgan fingerprint density at radius 3 is 2.84 bits per heavy atom. The molecule has 2 aromatic rings. The first-order chi connectivity index (χ1) is 9.38. The maximum Gasteiger partial charge on any atom is 0.119 e. The third-order valence-corrected chi connectivity index (χ3v) is 3.58. The predicted octanol–water partition coefficient (Wildman–Crippen LogP) is 3.13. The Balaban J connectivity index is 1.86. The molecule has 4 heteroatoms. The highest BCUT2D eigenvalue weighted by Crippen LogP contribution is 2.11. The van der Waals surface area contributed by atoms with Gasteiger partial charge in [0.2, 0.25) is 0 Å². The zero-order chi connectivity index (χ0) is 13.3. The number of hydrogen-bond acceptors (Lipinski definition) is 4. The van der Waals surface area contributed by atoms with Crippen LogP contribution in [0.25, 0.3) is 0 Å². The van der Waals surface area contributed by atoms with Crippen LogP contribution in [-0.4, -0.2) is 24.2 Å². The van der Waals surface area contributed by atoms with Crippen molar-refractivity contribution in [2.45, 2.75) is 25.8 Å². The van der Waals surface area contributed by atoms with E-state index in [2.05, 4.69) is 17.2 Å². The topological polar surface area (TPSA) is 34.1 Å². The molecule has 0 saturated heterocycles. The smallest absolute Gasteiger partial charge is 0.119 e. The molecule has 3 nitrogen and oxygen atoms in total. The fraction of sp³-hybridized carbons (Fsp3) is 0.400. The van der Waals surface area contributed by atoms with E-state index in [1.807, 2.05) is 41.9 Å². The van der Waals surface area contributed by atoms with E-state index in [-0.39, 0.29) is 0 Å². The molecule has 1 heterocycles. The lowest BCUT2D eigenvalue weighted by Crippen LogP contribution is -2.37. The van der Waals surface area contributed by atoms with Crippen molar-refractivity contribution in [2.24, 2.45) is 0 Å². The Kier molecular flexibility index (Phi) is 5.85. The fourth-order valence-corrected chi connectivity index (χ4v) is 2.51. The highest BCUT2D eigenvalue weighted by atomic mass is 32.1. The minimum atomic E-state index is 0.311. The van der Waals surface area contributed by atoms with Gasteiger partial charge in [0.1, 0.15) is 12.4 Å². The summed E-state index contributed by atoms with van der Waals surface area (Å²) in [5.41, 5.74) is 0. The lowest BCUT2D eigenvalue weighted by molar-refractivity contribution is 0.263. The molecule has 19 heavy (non-hydrogen) atoms. The molecule has 0 amide bonds. The summed E-state index contributed by atoms with van der Waals surface area (Å²) in [6, 6.07) is 10.3. The first kappa shape index (κ1) is 14.0. The molecule has 0 fully saturated rings. The molecule has 0 aliphatic carbocycles. The molecular formula is C15H20N2OS. The molecule has 2 rings (SSSR count). The minimum absolute atomic E-state index is 0.311. The molecule has 1 aromatic carbocycles. The highest BCUT2D eigenvalue weighted by Gasteiger charge is 2.11. The lowest BCUT2D eigenvalue weighted by Gasteiger charge is -2.18. The molecule has 0 saturated carbocycles. The van der Waals surface area contributed by atoms with E-state index in [0.717, 1.165) is 30.1 Å². The van der Waals surface area contributed by atoms with Crippen LogP contribution in [0.1, 0.15) is 18.4 Å². The molecule has 1 aromatic heterocycles. The number of para-hydroxylation sites is 1. The van der Waals surface area contributed by atoms with Crippen molar-refractivity contribution >= 4 is 11.3 Å². The standard InChI is InChI=1S/C15H20N2OS/c1-2-8-16-13(11-15-17-9-10-19-15)12-18-14-6-4-3-5-7-14/h3-7,9-10,13,16H,2,8,11-12H2,1H3. The summed E-state index contributed by atoms with van der Waals surface area (Å²) in [5, 5.41) is 6.70. The van der Waals surface area contributed by atoms with Gasteiger partial charge < -0.3 is 10.1 Å². The van der Waals surface area contributed by atoms with Crippen molar-refractivity contribution in [2.75, 3.05) is 13.2 Å². The van der Waals surface area contributed by atoms with Gasteiger partial charge in [0, 0.05) is 24.0 Å². The summed E-state index contributed by atoms with van der Waals surface area (Å²) in [6.45, 7) is 3.85. The SMILES string of the molecule is CCCNC(COc1ccccc1)Cc1nccs1. The van der Waals surface area contributed by atoms with Crippen molar-refractivity contribution in [3.05, 3.63) is 46.9 Å². The van der Waals surface area contributed by atoms with Crippen molar-refractivity contribution in [1.82, 2.24) is 10.3 Å². The molecule has 1 unspecified atom stereocenters. The van der Waals surface area contributed by atoms with Gasteiger partial charge >= 0.3 is 0 Å². The molecule has 0 aliphatic heterocycles. The van der Waals surface area contributed by atoms with Gasteiger partial charge in [-0.15, -0.1) is 11.3 Å². The Labute approximate surface area is 118 Å². The van der Waals surface area contributed by atoms with E-state index >= 15 is 0 Å². The van der Waals surface area contributed by atoms with Gasteiger partial charge in [0.05, 0.1) is 5.01 Å². The maximum atomic E-state index is 5.83. The Morgan fingerprint density at radius 2 is 2.16 bits per heavy atom. The van der Waals surface area contributed by atoms with Crippen molar-refractivity contribution in [1.29, 1.82) is 0 Å². The molecule has 1 atom stereocenters. The summed E-state index contributed by atoms with van der Waals surface area (Å²) < 4.78 is 5.83. The van der Waals surface area contributed by atoms with E-state index in [4.69, 9.17) is 4.74 Å². The Bertz CT molecular complexity index is 444. The van der Waals surface area contributed by atoms with Gasteiger partial charge in [-0.1, -0.05) is 25.1 Å². The largest absolute Gasteiger partial charge is 0.492 e. The van der Waals surface area contributed by atoms with Crippen molar-refractivity contribution in [3.63, 3.8) is 0 Å². The first-order valence-electron chi connectivity index (χ1n) is 6.68. The molecule has 0 bridgehead atoms. The average Bonchev–Trinajstić information content (AvgIpc) is 2.96. The van der Waals surface area contributed by atoms with E-state index in [0.29, 0.717) is 12.6 Å². The second-order valence-electron chi connectivity index (χ2n) is 4.41. The fourth-order valence-electron chi connectivity index (χ4n) is 1.82. The molecule has 102 valence electrons. The van der Waals surface area contributed by atoms with E-state index < -0.39 is 0 Å². The molecule has 0 spiro atoms. The summed E-state index contributed by atoms with van der Waals surface area (Å²) >= 11 is 1.70. The number of aromatic nitrogens is 1. The van der Waals surface area contributed by atoms with Crippen LogP contribution in [0.4, 0.5) is 0 Å². The number of benzene rings is 1. The second kappa shape index (κ2) is 7.92. The third-order valence-electron chi connectivity index (χ3n) is 2.78. The number of thiazole rings is 1. The quantitative estimate of drug-likeness (QED) is 0.804. The number of rotatable bonds is 8. The summed E-state index contributed by atoms with van der Waals surface area (Å²) in [6.07, 6.45) is 3.90. The number of nitrogens with zero attached hydrogens (tertiary/aromatic N) is 1. The predicted molar refractivity (Wildman–Crippen MR) is 79.8 cm³/mol. The minimum Gasteiger partial charge on any atom is -0.492 e. The highest BCUT2D eigenvalue weighted by molar-refractivity contribution is 7.09. The van der Waals surface area contributed by atoms with Crippen LogP contribution in [0, 0.1) is 0 Å². The van der Waals surface area contributed by atoms with Crippen LogP contribution in [0.3, 0.4) is 0 Å². The van der Waals surface area contributed by atoms with Gasteiger partial charge in [0.25, 0.3) is 0 Å². The van der Waals surface area contributed by atoms with Crippen LogP contribution in [0.15, 0.2) is 41.9 Å². The van der Waals surface area contributed by atoms with Gasteiger partial charge in [-0.2, -0.15) is 0 Å². The van der Waals surface area contributed by atoms with Gasteiger partial charge in [-0.3, -0.25) is 0 Å². The summed E-state index contributed by atoms with van der Waals surface area (Å²) in [5.74, 6) is 0.921. The number of ether oxygens (including phenoxy) is 1. The Hall–Kier alpha value is -1.39. The molecular weight excluding hydrogens is 256 g/mol. The first-order valence-corrected chi connectivity index (χ1v) is 7.56. The Morgan fingerprint density at radius 1 is 1.32 bits per heavy atom. The zero-order valence-electron chi connectivity index (χ0n) is 11.2. The maximum absolute atomic E-state index is 5.83. The van der Waals surface area contributed by atoms with E-state index in [9.17, 15) is 0 Å². The van der Waals surface area contributed by atoms with Gasteiger partial charge in [-0.25, -0.2) is 4.98 Å². The van der Waals surface area contributed by atoms with Crippen LogP contribution in [0.5, 0.6) is 5.75 Å². The second-order valence-corrected chi connectivity index (χ2v) is 5.38. The van der Waals surface area contributed by atoms with Gasteiger partial charge in [-0.05, 0) is 25.1 Å². The van der Waals surface area contributed by atoms with Crippen LogP contribution < -0.4 is 10.1 Å². The number of nitrogens with one attached hydrogen (secondary N) is 1. The average molecular weight is 276 g/mol. The van der Waals surface area contributed by atoms with Crippen LogP contribution in [0.2, 0.25) is 0 Å². The van der Waals surface area contributed by atoms with Gasteiger partial charge in [0.15, 0.2) is 0 Å². The van der Waals surface area contributed by atoms with E-state index in [1.165, 1.54) is 0 Å². The van der Waals surface area contributed by atoms with Crippen LogP contribution >= 0.6 is 11.3 Å². The van der Waals surface area contributed by atoms with Crippen LogP contribution in [-0.2, 0) is 6.42 Å². The summed E-state index contributed by atoms with van der Waals surface area (Å²) in [4.78, 5) is 4.34. The molecule has 0 radical (unpaired) electrons. The van der Waals surface area contributed by atoms with E-state index in [1.54, 1.807) is 11.3 Å². The normalized spacial score (nSPS) is 12.3. The monoisotopic (exact) mass is 276 g/mol. The lowest BCUT2D eigenvalue weighted by atomic mass is 10.2. The van der Waals surface area contributed by atoms with Crippen molar-refractivity contribution < 1.29 is 4.74 Å².